The third-order valence-corrected chi connectivity index (χ3v) is 1.59. The largest absolute Gasteiger partial charge is 0.398 e. The number of carbonyl (C=O) groups is 1. The van der Waals surface area contributed by atoms with E-state index in [0.29, 0.717) is 5.56 Å². The topological polar surface area (TPSA) is 38.7 Å². The second-order valence-electron chi connectivity index (χ2n) is 2.26. The molecule has 68 valence electrons. The number of hydrogen-bond acceptors (Lipinski definition) is 3. The Balaban J connectivity index is 3.03. The third kappa shape index (κ3) is 2.56. The van der Waals surface area contributed by atoms with Crippen LogP contribution >= 0.6 is 11.6 Å². The first-order valence-electron chi connectivity index (χ1n) is 3.62. The Morgan fingerprint density at radius 3 is 2.46 bits per heavy atom. The molecule has 0 amide bonds. The zero-order valence-electron chi connectivity index (χ0n) is 7.03. The predicted molar refractivity (Wildman–Crippen MR) is 50.8 cm³/mol. The fourth-order valence-electron chi connectivity index (χ4n) is 0.889. The van der Waals surface area contributed by atoms with E-state index in [0.717, 1.165) is 0 Å². The van der Waals surface area contributed by atoms with Gasteiger partial charge in [0.1, 0.15) is 7.11 Å². The summed E-state index contributed by atoms with van der Waals surface area (Å²) in [5, 5.41) is 2.90. The van der Waals surface area contributed by atoms with E-state index in [-0.39, 0.29) is 5.71 Å². The van der Waals surface area contributed by atoms with E-state index in [1.165, 1.54) is 7.11 Å². The standard InChI is InChI=1S/C9H8ClNO2/c1-13-11-8(9(10)12)7-5-3-2-4-6-7/h2-6H,1H3/b11-8+. The van der Waals surface area contributed by atoms with Crippen LogP contribution in [0.2, 0.25) is 0 Å². The van der Waals surface area contributed by atoms with Crippen LogP contribution in [0.15, 0.2) is 35.5 Å². The number of carbonyl (C=O) groups excluding carboxylic acids is 1. The zero-order valence-corrected chi connectivity index (χ0v) is 7.78. The van der Waals surface area contributed by atoms with Gasteiger partial charge >= 0.3 is 0 Å². The van der Waals surface area contributed by atoms with Gasteiger partial charge in [0.15, 0.2) is 5.71 Å². The zero-order chi connectivity index (χ0) is 9.68. The van der Waals surface area contributed by atoms with Crippen molar-refractivity contribution in [2.75, 3.05) is 7.11 Å². The summed E-state index contributed by atoms with van der Waals surface area (Å²) in [6.07, 6.45) is 0. The normalized spacial score (nSPS) is 11.1. The van der Waals surface area contributed by atoms with Gasteiger partial charge in [0, 0.05) is 5.56 Å². The van der Waals surface area contributed by atoms with E-state index in [1.54, 1.807) is 24.3 Å². The summed E-state index contributed by atoms with van der Waals surface area (Å²) in [6.45, 7) is 0. The maximum absolute atomic E-state index is 10.9. The number of nitrogens with zero attached hydrogens (tertiary/aromatic N) is 1. The molecule has 1 aromatic rings. The molecule has 1 rings (SSSR count). The van der Waals surface area contributed by atoms with Crippen LogP contribution in [0.5, 0.6) is 0 Å². The van der Waals surface area contributed by atoms with Crippen molar-refractivity contribution in [1.82, 2.24) is 0 Å². The molecule has 1 aromatic carbocycles. The number of oxime groups is 1. The van der Waals surface area contributed by atoms with Crippen molar-refractivity contribution in [2.45, 2.75) is 0 Å². The van der Waals surface area contributed by atoms with E-state index < -0.39 is 5.24 Å². The summed E-state index contributed by atoms with van der Waals surface area (Å²) < 4.78 is 0. The van der Waals surface area contributed by atoms with Crippen LogP contribution in [0.3, 0.4) is 0 Å². The lowest BCUT2D eigenvalue weighted by molar-refractivity contribution is -0.106. The van der Waals surface area contributed by atoms with Crippen LogP contribution in [0.4, 0.5) is 0 Å². The summed E-state index contributed by atoms with van der Waals surface area (Å²) in [5.41, 5.74) is 0.758. The van der Waals surface area contributed by atoms with Crippen molar-refractivity contribution in [1.29, 1.82) is 0 Å². The highest BCUT2D eigenvalue weighted by atomic mass is 35.5. The first-order chi connectivity index (χ1) is 6.25. The molecule has 0 radical (unpaired) electrons. The van der Waals surface area contributed by atoms with Crippen LogP contribution in [0.1, 0.15) is 5.56 Å². The Morgan fingerprint density at radius 2 is 2.00 bits per heavy atom. The van der Waals surface area contributed by atoms with Gasteiger partial charge in [-0.25, -0.2) is 0 Å². The highest BCUT2D eigenvalue weighted by molar-refractivity contribution is 6.83. The average molecular weight is 198 g/mol. The van der Waals surface area contributed by atoms with Gasteiger partial charge in [0.05, 0.1) is 0 Å². The first-order valence-corrected chi connectivity index (χ1v) is 4.00. The van der Waals surface area contributed by atoms with Gasteiger partial charge in [0.2, 0.25) is 0 Å². The number of benzene rings is 1. The van der Waals surface area contributed by atoms with Crippen LogP contribution in [0.25, 0.3) is 0 Å². The van der Waals surface area contributed by atoms with E-state index in [9.17, 15) is 4.79 Å². The lowest BCUT2D eigenvalue weighted by Gasteiger charge is -1.98. The van der Waals surface area contributed by atoms with Gasteiger partial charge in [0.25, 0.3) is 5.24 Å². The van der Waals surface area contributed by atoms with Gasteiger partial charge in [-0.15, -0.1) is 0 Å². The van der Waals surface area contributed by atoms with Crippen LogP contribution in [-0.4, -0.2) is 18.1 Å². The summed E-state index contributed by atoms with van der Waals surface area (Å²) in [5.74, 6) is 0. The minimum Gasteiger partial charge on any atom is -0.398 e. The molecule has 0 saturated heterocycles. The van der Waals surface area contributed by atoms with Crippen molar-refractivity contribution < 1.29 is 9.63 Å². The maximum Gasteiger partial charge on any atom is 0.274 e. The molecule has 0 fully saturated rings. The van der Waals surface area contributed by atoms with Crippen LogP contribution in [-0.2, 0) is 9.63 Å². The minimum absolute atomic E-state index is 0.116. The molecule has 0 aliphatic heterocycles. The number of rotatable bonds is 3. The molecule has 3 nitrogen and oxygen atoms in total. The Labute approximate surface area is 81.0 Å². The Morgan fingerprint density at radius 1 is 1.38 bits per heavy atom. The highest BCUT2D eigenvalue weighted by Crippen LogP contribution is 2.04. The summed E-state index contributed by atoms with van der Waals surface area (Å²) in [7, 11) is 1.36. The average Bonchev–Trinajstić information content (AvgIpc) is 2.15. The summed E-state index contributed by atoms with van der Waals surface area (Å²) in [6, 6.07) is 8.89. The second-order valence-corrected chi connectivity index (χ2v) is 2.61. The Bertz CT molecular complexity index is 322. The van der Waals surface area contributed by atoms with E-state index in [1.807, 2.05) is 6.07 Å². The first kappa shape index (κ1) is 9.74. The quantitative estimate of drug-likeness (QED) is 0.421. The lowest BCUT2D eigenvalue weighted by Crippen LogP contribution is -2.09. The highest BCUT2D eigenvalue weighted by Gasteiger charge is 2.10. The smallest absolute Gasteiger partial charge is 0.274 e. The Hall–Kier alpha value is -1.35. The van der Waals surface area contributed by atoms with E-state index >= 15 is 0 Å². The van der Waals surface area contributed by atoms with Crippen molar-refractivity contribution in [3.8, 4) is 0 Å². The summed E-state index contributed by atoms with van der Waals surface area (Å²) in [4.78, 5) is 15.4. The summed E-state index contributed by atoms with van der Waals surface area (Å²) >= 11 is 5.31. The van der Waals surface area contributed by atoms with Crippen molar-refractivity contribution >= 4 is 22.6 Å². The van der Waals surface area contributed by atoms with Gasteiger partial charge in [-0.2, -0.15) is 0 Å². The maximum atomic E-state index is 10.9. The van der Waals surface area contributed by atoms with E-state index in [2.05, 4.69) is 9.99 Å². The Kier molecular flexibility index (Phi) is 3.46. The second kappa shape index (κ2) is 4.62. The van der Waals surface area contributed by atoms with Gasteiger partial charge in [-0.1, -0.05) is 35.5 Å². The van der Waals surface area contributed by atoms with Crippen molar-refractivity contribution in [3.05, 3.63) is 35.9 Å². The molecule has 13 heavy (non-hydrogen) atoms. The van der Waals surface area contributed by atoms with Crippen LogP contribution in [0, 0.1) is 0 Å². The van der Waals surface area contributed by atoms with Gasteiger partial charge < -0.3 is 4.84 Å². The molecule has 0 aromatic heterocycles. The molecule has 4 heteroatoms. The predicted octanol–water partition coefficient (Wildman–Crippen LogP) is 1.80. The van der Waals surface area contributed by atoms with Gasteiger partial charge in [-0.05, 0) is 11.6 Å². The number of hydrogen-bond donors (Lipinski definition) is 0. The van der Waals surface area contributed by atoms with E-state index in [4.69, 9.17) is 11.6 Å². The minimum atomic E-state index is -0.631. The number of halogens is 1. The fraction of sp³-hybridized carbons (Fsp3) is 0.111. The SMILES string of the molecule is CO/N=C(/C(=O)Cl)c1ccccc1. The molecule has 0 aliphatic rings. The molecule has 0 aliphatic carbocycles. The molecule has 0 unspecified atom stereocenters. The fourth-order valence-corrected chi connectivity index (χ4v) is 1.03. The lowest BCUT2D eigenvalue weighted by atomic mass is 10.1. The monoisotopic (exact) mass is 197 g/mol. The molecular weight excluding hydrogens is 190 g/mol. The van der Waals surface area contributed by atoms with Crippen molar-refractivity contribution in [3.63, 3.8) is 0 Å². The van der Waals surface area contributed by atoms with Gasteiger partial charge in [-0.3, -0.25) is 4.79 Å². The van der Waals surface area contributed by atoms with Crippen molar-refractivity contribution in [2.24, 2.45) is 5.16 Å². The molecule has 0 bridgehead atoms. The molecule has 0 heterocycles. The molecule has 0 atom stereocenters. The molecular formula is C9H8ClNO2. The third-order valence-electron chi connectivity index (χ3n) is 1.42. The molecule has 0 saturated carbocycles. The van der Waals surface area contributed by atoms with Crippen LogP contribution < -0.4 is 0 Å². The molecule has 0 N–H and O–H groups in total. The molecule has 0 spiro atoms.